The van der Waals surface area contributed by atoms with Gasteiger partial charge in [-0.15, -0.1) is 0 Å². The lowest BCUT2D eigenvalue weighted by Crippen LogP contribution is -2.01. The molecule has 3 rings (SSSR count). The van der Waals surface area contributed by atoms with Crippen LogP contribution in [-0.4, -0.2) is 17.8 Å². The molecule has 0 spiro atoms. The number of benzene rings is 2. The molecule has 2 aromatic carbocycles. The van der Waals surface area contributed by atoms with Crippen molar-refractivity contribution >= 4 is 17.5 Å². The van der Waals surface area contributed by atoms with Gasteiger partial charge in [0.2, 0.25) is 0 Å². The Morgan fingerprint density at radius 1 is 1.20 bits per heavy atom. The lowest BCUT2D eigenvalue weighted by atomic mass is 9.98. The molecule has 1 heterocycles. The number of nitriles is 1. The Kier molecular flexibility index (Phi) is 5.74. The highest BCUT2D eigenvalue weighted by Crippen LogP contribution is 2.38. The van der Waals surface area contributed by atoms with Crippen LogP contribution >= 0.6 is 0 Å². The molecule has 0 atom stereocenters. The summed E-state index contributed by atoms with van der Waals surface area (Å²) in [6.07, 6.45) is 1.72. The zero-order valence-corrected chi connectivity index (χ0v) is 17.4. The van der Waals surface area contributed by atoms with Crippen LogP contribution in [0.1, 0.15) is 34.9 Å². The van der Waals surface area contributed by atoms with Crippen molar-refractivity contribution in [3.8, 4) is 23.1 Å². The molecule has 5 nitrogen and oxygen atoms in total. The number of allylic oxidation sites excluding steroid dienone is 1. The second-order valence-electron chi connectivity index (χ2n) is 7.11. The Hall–Kier alpha value is -3.85. The van der Waals surface area contributed by atoms with E-state index in [0.29, 0.717) is 33.8 Å². The number of H-pyrrole nitrogens is 1. The minimum atomic E-state index is -0.356. The maximum atomic E-state index is 13.2. The number of hydrogen-bond acceptors (Lipinski definition) is 4. The number of rotatable bonds is 5. The highest BCUT2D eigenvalue weighted by molar-refractivity contribution is 6.12. The molecular weight excluding hydrogens is 379 g/mol. The van der Waals surface area contributed by atoms with Crippen LogP contribution in [0.5, 0.6) is 5.75 Å². The normalized spacial score (nSPS) is 11.3. The molecule has 3 aromatic rings. The molecule has 0 amide bonds. The van der Waals surface area contributed by atoms with E-state index in [0.717, 1.165) is 22.4 Å². The summed E-state index contributed by atoms with van der Waals surface area (Å²) in [6, 6.07) is 11.7. The molecule has 0 unspecified atom stereocenters. The van der Waals surface area contributed by atoms with Crippen molar-refractivity contribution in [1.82, 2.24) is 4.98 Å². The molecule has 0 fully saturated rings. The van der Waals surface area contributed by atoms with E-state index in [1.807, 2.05) is 26.0 Å². The highest BCUT2D eigenvalue weighted by Gasteiger charge is 2.20. The highest BCUT2D eigenvalue weighted by atomic mass is 19.1. The summed E-state index contributed by atoms with van der Waals surface area (Å²) in [5.74, 6) is 0.375. The number of ether oxygens (including phenoxy) is 1. The van der Waals surface area contributed by atoms with Crippen molar-refractivity contribution in [1.29, 1.82) is 10.7 Å². The van der Waals surface area contributed by atoms with Crippen LogP contribution in [0.4, 0.5) is 10.1 Å². The molecule has 0 aliphatic heterocycles. The van der Waals surface area contributed by atoms with Crippen molar-refractivity contribution in [3.63, 3.8) is 0 Å². The van der Waals surface area contributed by atoms with Crippen LogP contribution in [0.15, 0.2) is 42.0 Å². The summed E-state index contributed by atoms with van der Waals surface area (Å²) in [5.41, 5.74) is 12.4. The van der Waals surface area contributed by atoms with Crippen LogP contribution in [-0.2, 0) is 0 Å². The predicted molar refractivity (Wildman–Crippen MR) is 118 cm³/mol. The van der Waals surface area contributed by atoms with E-state index in [2.05, 4.69) is 11.1 Å². The first-order valence-electron chi connectivity index (χ1n) is 9.37. The maximum Gasteiger partial charge on any atom is 0.123 e. The van der Waals surface area contributed by atoms with E-state index >= 15 is 0 Å². The van der Waals surface area contributed by atoms with Crippen molar-refractivity contribution in [3.05, 3.63) is 75.7 Å². The smallest absolute Gasteiger partial charge is 0.123 e. The lowest BCUT2D eigenvalue weighted by Gasteiger charge is -2.13. The zero-order valence-electron chi connectivity index (χ0n) is 17.4. The van der Waals surface area contributed by atoms with Crippen molar-refractivity contribution in [2.24, 2.45) is 0 Å². The summed E-state index contributed by atoms with van der Waals surface area (Å²) in [6.45, 7) is 5.68. The Labute approximate surface area is 175 Å². The summed E-state index contributed by atoms with van der Waals surface area (Å²) in [4.78, 5) is 3.26. The molecule has 0 aliphatic rings. The minimum absolute atomic E-state index is 0.238. The third kappa shape index (κ3) is 3.70. The number of nitrogen functional groups attached to an aromatic ring is 1. The van der Waals surface area contributed by atoms with Gasteiger partial charge in [-0.1, -0.05) is 6.07 Å². The summed E-state index contributed by atoms with van der Waals surface area (Å²) in [5, 5.41) is 18.1. The predicted octanol–water partition coefficient (Wildman–Crippen LogP) is 5.37. The fourth-order valence-corrected chi connectivity index (χ4v) is 3.53. The first-order valence-corrected chi connectivity index (χ1v) is 9.37. The van der Waals surface area contributed by atoms with Gasteiger partial charge in [-0.3, -0.25) is 5.41 Å². The molecule has 6 heteroatoms. The van der Waals surface area contributed by atoms with Crippen molar-refractivity contribution in [2.45, 2.75) is 20.8 Å². The average molecular weight is 402 g/mol. The van der Waals surface area contributed by atoms with Crippen LogP contribution in [0.2, 0.25) is 0 Å². The Morgan fingerprint density at radius 2 is 1.87 bits per heavy atom. The first kappa shape index (κ1) is 20.9. The molecule has 4 N–H and O–H groups in total. The van der Waals surface area contributed by atoms with Gasteiger partial charge >= 0.3 is 0 Å². The van der Waals surface area contributed by atoms with E-state index in [1.165, 1.54) is 12.1 Å². The monoisotopic (exact) mass is 402 g/mol. The van der Waals surface area contributed by atoms with E-state index < -0.39 is 0 Å². The Balaban J connectivity index is 2.11. The third-order valence-corrected chi connectivity index (χ3v) is 5.16. The van der Waals surface area contributed by atoms with E-state index in [9.17, 15) is 9.65 Å². The molecule has 30 heavy (non-hydrogen) atoms. The van der Waals surface area contributed by atoms with E-state index in [4.69, 9.17) is 15.9 Å². The van der Waals surface area contributed by atoms with E-state index in [1.54, 1.807) is 32.2 Å². The fraction of sp³-hybridized carbons (Fsp3) is 0.167. The van der Waals surface area contributed by atoms with Gasteiger partial charge in [0.25, 0.3) is 0 Å². The summed E-state index contributed by atoms with van der Waals surface area (Å²) < 4.78 is 18.6. The van der Waals surface area contributed by atoms with Gasteiger partial charge in [0.05, 0.1) is 29.9 Å². The first-order chi connectivity index (χ1) is 14.3. The van der Waals surface area contributed by atoms with Gasteiger partial charge in [-0.05, 0) is 73.9 Å². The number of anilines is 1. The molecule has 1 aromatic heterocycles. The molecule has 0 saturated heterocycles. The maximum absolute atomic E-state index is 13.2. The average Bonchev–Trinajstić information content (AvgIpc) is 3.03. The summed E-state index contributed by atoms with van der Waals surface area (Å²) >= 11 is 0. The summed E-state index contributed by atoms with van der Waals surface area (Å²) in [7, 11) is 1.61. The largest absolute Gasteiger partial charge is 0.496 e. The standard InChI is InChI=1S/C24H23FN4O/c1-13-5-10-20(30-4)15(3)21(13)24-23(28)18(12-26)19(29-24)11-14(2)22(27)16-6-8-17(25)9-7-16/h5-11,27,29H,28H2,1-4H3/b14-11-,27-22?. The number of nitrogens with one attached hydrogen (secondary N) is 2. The van der Waals surface area contributed by atoms with Crippen molar-refractivity contribution < 1.29 is 9.13 Å². The number of hydrogen-bond donors (Lipinski definition) is 3. The van der Waals surface area contributed by atoms with Gasteiger partial charge in [0, 0.05) is 11.1 Å². The minimum Gasteiger partial charge on any atom is -0.496 e. The lowest BCUT2D eigenvalue weighted by molar-refractivity contribution is 0.412. The van der Waals surface area contributed by atoms with Crippen LogP contribution in [0, 0.1) is 36.4 Å². The third-order valence-electron chi connectivity index (χ3n) is 5.16. The number of halogens is 1. The topological polar surface area (TPSA) is 98.7 Å². The van der Waals surface area contributed by atoms with Gasteiger partial charge in [0.1, 0.15) is 23.2 Å². The van der Waals surface area contributed by atoms with Gasteiger partial charge in [0.15, 0.2) is 0 Å². The SMILES string of the molecule is COc1ccc(C)c(-c2[nH]c(/C=C(/C)C(=N)c3ccc(F)cc3)c(C#N)c2N)c1C. The molecule has 0 radical (unpaired) electrons. The van der Waals surface area contributed by atoms with Crippen LogP contribution < -0.4 is 10.5 Å². The number of aromatic nitrogens is 1. The molecular formula is C24H23FN4O. The van der Waals surface area contributed by atoms with E-state index in [-0.39, 0.29) is 11.5 Å². The Bertz CT molecular complexity index is 1200. The number of nitrogens with zero attached hydrogens (tertiary/aromatic N) is 1. The van der Waals surface area contributed by atoms with Crippen LogP contribution in [0.3, 0.4) is 0 Å². The molecule has 0 bridgehead atoms. The molecule has 152 valence electrons. The number of methoxy groups -OCH3 is 1. The number of nitrogens with two attached hydrogens (primary N) is 1. The zero-order chi connectivity index (χ0) is 22.0. The fourth-order valence-electron chi connectivity index (χ4n) is 3.53. The quantitative estimate of drug-likeness (QED) is 0.500. The van der Waals surface area contributed by atoms with Crippen molar-refractivity contribution in [2.75, 3.05) is 12.8 Å². The van der Waals surface area contributed by atoms with Gasteiger partial charge in [-0.25, -0.2) is 4.39 Å². The second-order valence-corrected chi connectivity index (χ2v) is 7.11. The molecule has 0 aliphatic carbocycles. The second kappa shape index (κ2) is 8.26. The number of aromatic amines is 1. The number of aryl methyl sites for hydroxylation is 1. The van der Waals surface area contributed by atoms with Gasteiger partial charge in [-0.2, -0.15) is 5.26 Å². The molecule has 0 saturated carbocycles. The van der Waals surface area contributed by atoms with Gasteiger partial charge < -0.3 is 15.5 Å². The Morgan fingerprint density at radius 3 is 2.47 bits per heavy atom. The van der Waals surface area contributed by atoms with Crippen LogP contribution in [0.25, 0.3) is 17.3 Å².